The normalized spacial score (nSPS) is 30.2. The molecule has 3 nitrogen and oxygen atoms in total. The molecule has 62 valence electrons. The number of hydrogen-bond donors (Lipinski definition) is 1. The summed E-state index contributed by atoms with van der Waals surface area (Å²) in [6, 6.07) is 0.136. The minimum Gasteiger partial charge on any atom is -0.352 e. The second-order valence-electron chi connectivity index (χ2n) is 2.71. The van der Waals surface area contributed by atoms with E-state index >= 15 is 0 Å². The predicted molar refractivity (Wildman–Crippen MR) is 44.3 cm³/mol. The van der Waals surface area contributed by atoms with Gasteiger partial charge in [0.15, 0.2) is 5.12 Å². The summed E-state index contributed by atoms with van der Waals surface area (Å²) in [4.78, 5) is 21.5. The van der Waals surface area contributed by atoms with Gasteiger partial charge in [-0.2, -0.15) is 0 Å². The molecule has 0 saturated carbocycles. The van der Waals surface area contributed by atoms with Crippen molar-refractivity contribution >= 4 is 22.8 Å². The first-order chi connectivity index (χ1) is 5.09. The maximum Gasteiger partial charge on any atom is 0.221 e. The van der Waals surface area contributed by atoms with Gasteiger partial charge in [0.1, 0.15) is 0 Å². The molecule has 1 heterocycles. The Morgan fingerprint density at radius 3 is 2.73 bits per heavy atom. The molecule has 1 fully saturated rings. The summed E-state index contributed by atoms with van der Waals surface area (Å²) in [7, 11) is 0. The minimum atomic E-state index is 0.0521. The van der Waals surface area contributed by atoms with Gasteiger partial charge < -0.3 is 5.32 Å². The van der Waals surface area contributed by atoms with Crippen molar-refractivity contribution in [2.45, 2.75) is 31.6 Å². The van der Waals surface area contributed by atoms with E-state index in [0.717, 1.165) is 0 Å². The number of amides is 1. The Hall–Kier alpha value is -0.510. The van der Waals surface area contributed by atoms with Crippen molar-refractivity contribution in [3.8, 4) is 0 Å². The summed E-state index contributed by atoms with van der Waals surface area (Å²) in [6.07, 6.45) is 0.478. The lowest BCUT2D eigenvalue weighted by molar-refractivity contribution is -0.119. The number of carbonyl (C=O) groups is 2. The molecule has 0 bridgehead atoms. The van der Waals surface area contributed by atoms with Gasteiger partial charge in [-0.1, -0.05) is 11.8 Å². The monoisotopic (exact) mass is 173 g/mol. The van der Waals surface area contributed by atoms with E-state index in [1.807, 2.05) is 6.92 Å². The van der Waals surface area contributed by atoms with Crippen LogP contribution in [-0.4, -0.2) is 22.3 Å². The highest BCUT2D eigenvalue weighted by atomic mass is 32.2. The topological polar surface area (TPSA) is 46.2 Å². The van der Waals surface area contributed by atoms with E-state index in [0.29, 0.717) is 6.42 Å². The lowest BCUT2D eigenvalue weighted by atomic mass is 10.2. The standard InChI is InChI=1S/C7H11NO2S/c1-4-6(11-5(2)9)3-7(10)8-4/h4,6H,3H2,1-2H3,(H,8,10)/t4-,6-/m0/s1. The second-order valence-corrected chi connectivity index (χ2v) is 4.12. The van der Waals surface area contributed by atoms with Crippen LogP contribution in [0.15, 0.2) is 0 Å². The molecule has 0 radical (unpaired) electrons. The summed E-state index contributed by atoms with van der Waals surface area (Å²) in [6.45, 7) is 3.45. The van der Waals surface area contributed by atoms with Crippen molar-refractivity contribution in [3.63, 3.8) is 0 Å². The molecule has 0 unspecified atom stereocenters. The maximum atomic E-state index is 10.8. The van der Waals surface area contributed by atoms with Crippen molar-refractivity contribution in [2.75, 3.05) is 0 Å². The molecule has 0 aromatic heterocycles. The molecule has 1 amide bonds. The number of rotatable bonds is 1. The molecule has 1 aliphatic heterocycles. The van der Waals surface area contributed by atoms with Crippen LogP contribution in [0.5, 0.6) is 0 Å². The maximum absolute atomic E-state index is 10.8. The fourth-order valence-corrected chi connectivity index (χ4v) is 2.06. The molecular weight excluding hydrogens is 162 g/mol. The lowest BCUT2D eigenvalue weighted by Gasteiger charge is -2.10. The average molecular weight is 173 g/mol. The average Bonchev–Trinajstić information content (AvgIpc) is 2.09. The quantitative estimate of drug-likeness (QED) is 0.629. The summed E-state index contributed by atoms with van der Waals surface area (Å²) in [5.41, 5.74) is 0. The fraction of sp³-hybridized carbons (Fsp3) is 0.714. The highest BCUT2D eigenvalue weighted by Crippen LogP contribution is 2.23. The van der Waals surface area contributed by atoms with Crippen LogP contribution in [0.2, 0.25) is 0 Å². The first kappa shape index (κ1) is 8.59. The third-order valence-electron chi connectivity index (χ3n) is 1.65. The summed E-state index contributed by atoms with van der Waals surface area (Å²) in [5, 5.41) is 2.98. The van der Waals surface area contributed by atoms with Crippen molar-refractivity contribution in [1.82, 2.24) is 5.32 Å². The Balaban J connectivity index is 2.46. The van der Waals surface area contributed by atoms with Gasteiger partial charge in [0.25, 0.3) is 0 Å². The van der Waals surface area contributed by atoms with Crippen molar-refractivity contribution in [2.24, 2.45) is 0 Å². The van der Waals surface area contributed by atoms with E-state index in [4.69, 9.17) is 0 Å². The van der Waals surface area contributed by atoms with Crippen LogP contribution in [0.25, 0.3) is 0 Å². The van der Waals surface area contributed by atoms with Crippen molar-refractivity contribution in [1.29, 1.82) is 0 Å². The molecule has 4 heteroatoms. The molecule has 0 aromatic rings. The third-order valence-corrected chi connectivity index (χ3v) is 2.86. The Bertz CT molecular complexity index is 193. The number of thioether (sulfide) groups is 1. The van der Waals surface area contributed by atoms with E-state index in [9.17, 15) is 9.59 Å². The van der Waals surface area contributed by atoms with Gasteiger partial charge in [0.2, 0.25) is 5.91 Å². The Kier molecular flexibility index (Phi) is 2.54. The smallest absolute Gasteiger partial charge is 0.221 e. The van der Waals surface area contributed by atoms with Gasteiger partial charge in [-0.25, -0.2) is 0 Å². The van der Waals surface area contributed by atoms with Gasteiger partial charge in [-0.05, 0) is 6.92 Å². The van der Waals surface area contributed by atoms with Gasteiger partial charge in [-0.3, -0.25) is 9.59 Å². The first-order valence-electron chi connectivity index (χ1n) is 3.56. The zero-order chi connectivity index (χ0) is 8.43. The number of hydrogen-bond acceptors (Lipinski definition) is 3. The van der Waals surface area contributed by atoms with Crippen LogP contribution in [-0.2, 0) is 9.59 Å². The van der Waals surface area contributed by atoms with E-state index < -0.39 is 0 Å². The first-order valence-corrected chi connectivity index (χ1v) is 4.44. The molecule has 1 saturated heterocycles. The van der Waals surface area contributed by atoms with Gasteiger partial charge in [-0.15, -0.1) is 0 Å². The number of nitrogens with one attached hydrogen (secondary N) is 1. The summed E-state index contributed by atoms with van der Waals surface area (Å²) >= 11 is 1.25. The zero-order valence-corrected chi connectivity index (χ0v) is 7.40. The molecule has 0 aliphatic carbocycles. The third kappa shape index (κ3) is 2.22. The largest absolute Gasteiger partial charge is 0.352 e. The summed E-state index contributed by atoms with van der Waals surface area (Å²) < 4.78 is 0. The van der Waals surface area contributed by atoms with Crippen molar-refractivity contribution in [3.05, 3.63) is 0 Å². The zero-order valence-electron chi connectivity index (χ0n) is 6.59. The SMILES string of the molecule is CC(=O)S[C@H]1CC(=O)N[C@H]1C. The predicted octanol–water partition coefficient (Wildman–Crippen LogP) is 0.543. The molecule has 11 heavy (non-hydrogen) atoms. The molecular formula is C7H11NO2S. The molecule has 0 aromatic carbocycles. The van der Waals surface area contributed by atoms with Gasteiger partial charge in [0.05, 0.1) is 0 Å². The molecule has 1 rings (SSSR count). The van der Waals surface area contributed by atoms with Crippen LogP contribution in [0.3, 0.4) is 0 Å². The summed E-state index contributed by atoms with van der Waals surface area (Å²) in [5.74, 6) is 0.0521. The molecule has 0 spiro atoms. The highest BCUT2D eigenvalue weighted by Gasteiger charge is 2.30. The molecule has 1 aliphatic rings. The van der Waals surface area contributed by atoms with E-state index in [-0.39, 0.29) is 22.3 Å². The Morgan fingerprint density at radius 2 is 2.36 bits per heavy atom. The number of carbonyl (C=O) groups excluding carboxylic acids is 2. The highest BCUT2D eigenvalue weighted by molar-refractivity contribution is 8.14. The second kappa shape index (κ2) is 3.26. The van der Waals surface area contributed by atoms with Crippen LogP contribution >= 0.6 is 11.8 Å². The van der Waals surface area contributed by atoms with Crippen LogP contribution in [0.1, 0.15) is 20.3 Å². The van der Waals surface area contributed by atoms with Gasteiger partial charge >= 0.3 is 0 Å². The minimum absolute atomic E-state index is 0.0521. The molecule has 2 atom stereocenters. The van der Waals surface area contributed by atoms with Gasteiger partial charge in [0, 0.05) is 24.6 Å². The van der Waals surface area contributed by atoms with Crippen molar-refractivity contribution < 1.29 is 9.59 Å². The van der Waals surface area contributed by atoms with Crippen LogP contribution in [0.4, 0.5) is 0 Å². The van der Waals surface area contributed by atoms with E-state index in [1.54, 1.807) is 0 Å². The lowest BCUT2D eigenvalue weighted by Crippen LogP contribution is -2.26. The van der Waals surface area contributed by atoms with E-state index in [2.05, 4.69) is 5.32 Å². The Labute approximate surface area is 69.9 Å². The van der Waals surface area contributed by atoms with Crippen LogP contribution < -0.4 is 5.32 Å². The molecule has 1 N–H and O–H groups in total. The Morgan fingerprint density at radius 1 is 1.73 bits per heavy atom. The fourth-order valence-electron chi connectivity index (χ4n) is 1.12. The van der Waals surface area contributed by atoms with Crippen LogP contribution in [0, 0.1) is 0 Å². The van der Waals surface area contributed by atoms with E-state index in [1.165, 1.54) is 18.7 Å².